The third-order valence-electron chi connectivity index (χ3n) is 4.46. The summed E-state index contributed by atoms with van der Waals surface area (Å²) in [6.07, 6.45) is 0.499. The molecule has 3 rings (SSSR count). The summed E-state index contributed by atoms with van der Waals surface area (Å²) in [6, 6.07) is 13.3. The zero-order valence-electron chi connectivity index (χ0n) is 15.9. The highest BCUT2D eigenvalue weighted by molar-refractivity contribution is 6.21. The summed E-state index contributed by atoms with van der Waals surface area (Å²) >= 11 is 0. The van der Waals surface area contributed by atoms with Gasteiger partial charge in [0.05, 0.1) is 23.2 Å². The van der Waals surface area contributed by atoms with E-state index in [0.29, 0.717) is 0 Å². The highest BCUT2D eigenvalue weighted by atomic mass is 16.5. The van der Waals surface area contributed by atoms with Crippen LogP contribution < -0.4 is 5.32 Å². The third kappa shape index (κ3) is 4.24. The molecule has 0 bridgehead atoms. The van der Waals surface area contributed by atoms with Crippen LogP contribution >= 0.6 is 0 Å². The molecule has 1 atom stereocenters. The highest BCUT2D eigenvalue weighted by Gasteiger charge is 2.36. The number of rotatable bonds is 7. The van der Waals surface area contributed by atoms with Crippen molar-refractivity contribution in [3.05, 3.63) is 83.4 Å². The van der Waals surface area contributed by atoms with Crippen LogP contribution in [-0.4, -0.2) is 41.2 Å². The lowest BCUT2D eigenvalue weighted by Gasteiger charge is -2.13. The van der Waals surface area contributed by atoms with Gasteiger partial charge in [0.25, 0.3) is 17.7 Å². The fourth-order valence-electron chi connectivity index (χ4n) is 2.93. The zero-order chi connectivity index (χ0) is 21.0. The van der Waals surface area contributed by atoms with Crippen molar-refractivity contribution < 1.29 is 23.9 Å². The van der Waals surface area contributed by atoms with Gasteiger partial charge in [0.1, 0.15) is 0 Å². The smallest absolute Gasteiger partial charge is 0.338 e. The highest BCUT2D eigenvalue weighted by Crippen LogP contribution is 2.26. The summed E-state index contributed by atoms with van der Waals surface area (Å²) in [6.45, 7) is 5.34. The van der Waals surface area contributed by atoms with Crippen molar-refractivity contribution in [1.29, 1.82) is 0 Å². The molecule has 7 nitrogen and oxygen atoms in total. The molecule has 1 N–H and O–H groups in total. The molecule has 0 aliphatic carbocycles. The van der Waals surface area contributed by atoms with Gasteiger partial charge in [0, 0.05) is 6.54 Å². The van der Waals surface area contributed by atoms with Crippen molar-refractivity contribution in [3.8, 4) is 0 Å². The molecule has 0 saturated heterocycles. The number of benzene rings is 2. The first kappa shape index (κ1) is 20.0. The molecule has 2 aromatic carbocycles. The van der Waals surface area contributed by atoms with Crippen LogP contribution in [0.4, 0.5) is 0 Å². The van der Waals surface area contributed by atoms with Gasteiger partial charge in [-0.05, 0) is 30.7 Å². The van der Waals surface area contributed by atoms with Crippen molar-refractivity contribution in [2.24, 2.45) is 0 Å². The maximum Gasteiger partial charge on any atom is 0.338 e. The molecular formula is C22H20N2O5. The average molecular weight is 392 g/mol. The Bertz CT molecular complexity index is 984. The molecule has 0 aromatic heterocycles. The number of esters is 1. The molecule has 0 saturated carbocycles. The van der Waals surface area contributed by atoms with Crippen LogP contribution in [-0.2, 0) is 16.1 Å². The minimum absolute atomic E-state index is 0.0924. The van der Waals surface area contributed by atoms with Gasteiger partial charge < -0.3 is 10.1 Å². The maximum atomic E-state index is 12.7. The summed E-state index contributed by atoms with van der Waals surface area (Å²) in [5.74, 6) is -2.10. The SMILES string of the molecule is C=CCNC(=O)[C@H](C)OC(=O)c1ccc2c(c1)C(=O)N(Cc1ccccc1)C2=O. The van der Waals surface area contributed by atoms with E-state index in [1.807, 2.05) is 30.3 Å². The van der Waals surface area contributed by atoms with Crippen LogP contribution in [0.5, 0.6) is 0 Å². The molecular weight excluding hydrogens is 372 g/mol. The number of hydrogen-bond donors (Lipinski definition) is 1. The topological polar surface area (TPSA) is 92.8 Å². The van der Waals surface area contributed by atoms with E-state index in [1.165, 1.54) is 31.2 Å². The Morgan fingerprint density at radius 1 is 1.10 bits per heavy atom. The van der Waals surface area contributed by atoms with Gasteiger partial charge in [0.2, 0.25) is 0 Å². The first-order valence-electron chi connectivity index (χ1n) is 9.06. The first-order chi connectivity index (χ1) is 13.9. The Hall–Kier alpha value is -3.74. The molecule has 148 valence electrons. The molecule has 1 heterocycles. The number of nitrogens with zero attached hydrogens (tertiary/aromatic N) is 1. The van der Waals surface area contributed by atoms with Crippen LogP contribution in [0.15, 0.2) is 61.2 Å². The normalized spacial score (nSPS) is 13.6. The van der Waals surface area contributed by atoms with E-state index in [2.05, 4.69) is 11.9 Å². The number of amides is 3. The van der Waals surface area contributed by atoms with Crippen molar-refractivity contribution in [2.45, 2.75) is 19.6 Å². The molecule has 7 heteroatoms. The second-order valence-corrected chi connectivity index (χ2v) is 6.52. The van der Waals surface area contributed by atoms with E-state index >= 15 is 0 Å². The maximum absolute atomic E-state index is 12.7. The van der Waals surface area contributed by atoms with Gasteiger partial charge in [-0.15, -0.1) is 6.58 Å². The van der Waals surface area contributed by atoms with Crippen LogP contribution in [0.25, 0.3) is 0 Å². The molecule has 0 spiro atoms. The largest absolute Gasteiger partial charge is 0.449 e. The van der Waals surface area contributed by atoms with E-state index in [9.17, 15) is 19.2 Å². The van der Waals surface area contributed by atoms with Gasteiger partial charge in [-0.25, -0.2) is 4.79 Å². The molecule has 1 aliphatic rings. The van der Waals surface area contributed by atoms with Crippen LogP contribution in [0.1, 0.15) is 43.6 Å². The summed E-state index contributed by atoms with van der Waals surface area (Å²) in [5, 5.41) is 2.53. The first-order valence-corrected chi connectivity index (χ1v) is 9.06. The predicted octanol–water partition coefficient (Wildman–Crippen LogP) is 2.33. The van der Waals surface area contributed by atoms with Gasteiger partial charge in [-0.2, -0.15) is 0 Å². The molecule has 0 unspecified atom stereocenters. The van der Waals surface area contributed by atoms with Gasteiger partial charge in [-0.3, -0.25) is 19.3 Å². The van der Waals surface area contributed by atoms with Gasteiger partial charge >= 0.3 is 5.97 Å². The Morgan fingerprint density at radius 3 is 2.48 bits per heavy atom. The molecule has 29 heavy (non-hydrogen) atoms. The van der Waals surface area contributed by atoms with Crippen molar-refractivity contribution in [1.82, 2.24) is 10.2 Å². The second-order valence-electron chi connectivity index (χ2n) is 6.52. The van der Waals surface area contributed by atoms with Crippen LogP contribution in [0, 0.1) is 0 Å². The van der Waals surface area contributed by atoms with E-state index in [1.54, 1.807) is 0 Å². The third-order valence-corrected chi connectivity index (χ3v) is 4.46. The summed E-state index contributed by atoms with van der Waals surface area (Å²) in [7, 11) is 0. The minimum Gasteiger partial charge on any atom is -0.449 e. The van der Waals surface area contributed by atoms with E-state index in [0.717, 1.165) is 10.5 Å². The monoisotopic (exact) mass is 392 g/mol. The molecule has 2 aromatic rings. The van der Waals surface area contributed by atoms with Crippen molar-refractivity contribution in [2.75, 3.05) is 6.54 Å². The molecule has 3 amide bonds. The number of nitrogens with one attached hydrogen (secondary N) is 1. The lowest BCUT2D eigenvalue weighted by molar-refractivity contribution is -0.128. The van der Waals surface area contributed by atoms with Crippen LogP contribution in [0.2, 0.25) is 0 Å². The second kappa shape index (κ2) is 8.52. The van der Waals surface area contributed by atoms with Crippen molar-refractivity contribution in [3.63, 3.8) is 0 Å². The quantitative estimate of drug-likeness (QED) is 0.444. The fourth-order valence-corrected chi connectivity index (χ4v) is 2.93. The van der Waals surface area contributed by atoms with E-state index in [4.69, 9.17) is 4.74 Å². The lowest BCUT2D eigenvalue weighted by Crippen LogP contribution is -2.35. The predicted molar refractivity (Wildman–Crippen MR) is 105 cm³/mol. The number of carbonyl (C=O) groups is 4. The Kier molecular flexibility index (Phi) is 5.87. The standard InChI is InChI=1S/C22H20N2O5/c1-3-11-23-19(25)14(2)29-22(28)16-9-10-17-18(12-16)21(27)24(20(17)26)13-15-7-5-4-6-8-15/h3-10,12,14H,1,11,13H2,2H3,(H,23,25)/t14-/m0/s1. The summed E-state index contributed by atoms with van der Waals surface area (Å²) in [4.78, 5) is 50.6. The number of ether oxygens (including phenoxy) is 1. The van der Waals surface area contributed by atoms with E-state index in [-0.39, 0.29) is 29.8 Å². The zero-order valence-corrected chi connectivity index (χ0v) is 15.9. The molecule has 0 radical (unpaired) electrons. The minimum atomic E-state index is -1.01. The number of hydrogen-bond acceptors (Lipinski definition) is 5. The van der Waals surface area contributed by atoms with Crippen LogP contribution in [0.3, 0.4) is 0 Å². The van der Waals surface area contributed by atoms with Gasteiger partial charge in [-0.1, -0.05) is 36.4 Å². The molecule has 1 aliphatic heterocycles. The number of imide groups is 1. The number of carbonyl (C=O) groups excluding carboxylic acids is 4. The van der Waals surface area contributed by atoms with E-state index < -0.39 is 29.8 Å². The Labute approximate surface area is 168 Å². The summed E-state index contributed by atoms with van der Waals surface area (Å²) in [5.41, 5.74) is 1.29. The lowest BCUT2D eigenvalue weighted by atomic mass is 10.1. The van der Waals surface area contributed by atoms with Gasteiger partial charge in [0.15, 0.2) is 6.10 Å². The fraction of sp³-hybridized carbons (Fsp3) is 0.182. The average Bonchev–Trinajstić information content (AvgIpc) is 2.97. The Morgan fingerprint density at radius 2 is 1.79 bits per heavy atom. The molecule has 0 fully saturated rings. The Balaban J connectivity index is 1.74. The van der Waals surface area contributed by atoms with Crippen molar-refractivity contribution >= 4 is 23.7 Å². The number of fused-ring (bicyclic) bond motifs is 1. The summed E-state index contributed by atoms with van der Waals surface area (Å²) < 4.78 is 5.14.